The van der Waals surface area contributed by atoms with Gasteiger partial charge >= 0.3 is 11.9 Å². The van der Waals surface area contributed by atoms with Gasteiger partial charge in [-0.2, -0.15) is 0 Å². The van der Waals surface area contributed by atoms with Crippen molar-refractivity contribution in [1.82, 2.24) is 14.9 Å². The normalized spacial score (nSPS) is 10.2. The molecule has 0 bridgehead atoms. The van der Waals surface area contributed by atoms with Crippen molar-refractivity contribution in [3.8, 4) is 0 Å². The molecule has 0 atom stereocenters. The molecule has 1 rings (SSSR count). The third kappa shape index (κ3) is 4.42. The molecule has 2 N–H and O–H groups in total. The Bertz CT molecular complexity index is 575. The van der Waals surface area contributed by atoms with Crippen LogP contribution in [-0.2, 0) is 9.59 Å². The highest BCUT2D eigenvalue weighted by molar-refractivity contribution is 7.98. The molecule has 0 aliphatic carbocycles. The summed E-state index contributed by atoms with van der Waals surface area (Å²) in [5.41, 5.74) is 0.522. The second-order valence-corrected chi connectivity index (χ2v) is 4.98. The van der Waals surface area contributed by atoms with Crippen LogP contribution in [0.5, 0.6) is 0 Å². The maximum absolute atomic E-state index is 12.4. The summed E-state index contributed by atoms with van der Waals surface area (Å²) in [7, 11) is 0. The second-order valence-electron chi connectivity index (χ2n) is 4.19. The summed E-state index contributed by atoms with van der Waals surface area (Å²) in [6.07, 6.45) is 1.72. The van der Waals surface area contributed by atoms with Gasteiger partial charge in [0.2, 0.25) is 0 Å². The number of aromatic nitrogens is 2. The molecule has 0 unspecified atom stereocenters. The molecule has 9 heteroatoms. The van der Waals surface area contributed by atoms with Crippen molar-refractivity contribution in [2.24, 2.45) is 0 Å². The van der Waals surface area contributed by atoms with Crippen molar-refractivity contribution in [2.75, 3.05) is 19.3 Å². The standard InChI is InChI=1S/C12H15N3O5S/c1-6-10(11(21-3)14-7(2)13-6)12(20)15(4-8(16)17)5-9(18)19/h4-5H2,1-3H3,(H,16,17)(H,18,19). The number of carbonyl (C=O) groups is 3. The third-order valence-corrected chi connectivity index (χ3v) is 3.20. The lowest BCUT2D eigenvalue weighted by molar-refractivity contribution is -0.140. The average Bonchev–Trinajstić information content (AvgIpc) is 2.35. The summed E-state index contributed by atoms with van der Waals surface area (Å²) in [6, 6.07) is 0. The molecule has 0 fully saturated rings. The summed E-state index contributed by atoms with van der Waals surface area (Å²) in [6.45, 7) is 1.87. The minimum Gasteiger partial charge on any atom is -0.480 e. The molecule has 0 saturated carbocycles. The molecule has 0 saturated heterocycles. The van der Waals surface area contributed by atoms with E-state index in [4.69, 9.17) is 10.2 Å². The molecular weight excluding hydrogens is 298 g/mol. The van der Waals surface area contributed by atoms with Crippen LogP contribution >= 0.6 is 11.8 Å². The SMILES string of the molecule is CSc1nc(C)nc(C)c1C(=O)N(CC(=O)O)CC(=O)O. The highest BCUT2D eigenvalue weighted by Gasteiger charge is 2.26. The Morgan fingerprint density at radius 3 is 2.05 bits per heavy atom. The molecule has 8 nitrogen and oxygen atoms in total. The number of aliphatic carboxylic acids is 2. The molecule has 1 aromatic rings. The van der Waals surface area contributed by atoms with Gasteiger partial charge in [-0.25, -0.2) is 9.97 Å². The molecule has 0 aliphatic heterocycles. The highest BCUT2D eigenvalue weighted by Crippen LogP contribution is 2.22. The van der Waals surface area contributed by atoms with Crippen LogP contribution in [0.25, 0.3) is 0 Å². The van der Waals surface area contributed by atoms with Gasteiger partial charge in [0.15, 0.2) is 0 Å². The van der Waals surface area contributed by atoms with Gasteiger partial charge in [0, 0.05) is 0 Å². The van der Waals surface area contributed by atoms with Crippen molar-refractivity contribution in [3.05, 3.63) is 17.1 Å². The number of carbonyl (C=O) groups excluding carboxylic acids is 1. The lowest BCUT2D eigenvalue weighted by Crippen LogP contribution is -2.40. The van der Waals surface area contributed by atoms with Crippen LogP contribution in [0, 0.1) is 13.8 Å². The Hall–Kier alpha value is -2.16. The van der Waals surface area contributed by atoms with Gasteiger partial charge in [-0.3, -0.25) is 14.4 Å². The van der Waals surface area contributed by atoms with Crippen molar-refractivity contribution in [1.29, 1.82) is 0 Å². The number of nitrogens with zero attached hydrogens (tertiary/aromatic N) is 3. The molecule has 0 spiro atoms. The molecule has 0 radical (unpaired) electrons. The molecular formula is C12H15N3O5S. The predicted octanol–water partition coefficient (Wildman–Crippen LogP) is 0.427. The first-order chi connectivity index (χ1) is 9.76. The van der Waals surface area contributed by atoms with Gasteiger partial charge in [-0.1, -0.05) is 0 Å². The largest absolute Gasteiger partial charge is 0.480 e. The molecule has 1 aromatic heterocycles. The minimum atomic E-state index is -1.29. The summed E-state index contributed by atoms with van der Waals surface area (Å²) in [4.78, 5) is 43.0. The summed E-state index contributed by atoms with van der Waals surface area (Å²) in [5, 5.41) is 18.0. The molecule has 114 valence electrons. The predicted molar refractivity (Wildman–Crippen MR) is 74.5 cm³/mol. The number of hydrogen-bond donors (Lipinski definition) is 2. The highest BCUT2D eigenvalue weighted by atomic mass is 32.2. The average molecular weight is 313 g/mol. The monoisotopic (exact) mass is 313 g/mol. The van der Waals surface area contributed by atoms with Gasteiger partial charge in [0.1, 0.15) is 23.9 Å². The van der Waals surface area contributed by atoms with E-state index in [1.165, 1.54) is 11.8 Å². The van der Waals surface area contributed by atoms with E-state index in [0.29, 0.717) is 16.5 Å². The number of rotatable bonds is 6. The Kier molecular flexibility index (Phi) is 5.65. The minimum absolute atomic E-state index is 0.135. The van der Waals surface area contributed by atoms with Crippen LogP contribution in [0.3, 0.4) is 0 Å². The van der Waals surface area contributed by atoms with Crippen LogP contribution in [-0.4, -0.2) is 62.3 Å². The Morgan fingerprint density at radius 2 is 1.62 bits per heavy atom. The van der Waals surface area contributed by atoms with Gasteiger partial charge in [0.05, 0.1) is 11.3 Å². The molecule has 0 aliphatic rings. The summed E-state index contributed by atoms with van der Waals surface area (Å²) < 4.78 is 0. The van der Waals surface area contributed by atoms with Crippen LogP contribution in [0.1, 0.15) is 21.9 Å². The second kappa shape index (κ2) is 7.02. The first-order valence-corrected chi connectivity index (χ1v) is 7.10. The third-order valence-electron chi connectivity index (χ3n) is 2.52. The van der Waals surface area contributed by atoms with E-state index in [9.17, 15) is 14.4 Å². The number of carboxylic acids is 2. The fraction of sp³-hybridized carbons (Fsp3) is 0.417. The zero-order chi connectivity index (χ0) is 16.2. The van der Waals surface area contributed by atoms with Crippen LogP contribution < -0.4 is 0 Å². The van der Waals surface area contributed by atoms with E-state index in [0.717, 1.165) is 4.90 Å². The number of carboxylic acid groups (broad SMARTS) is 2. The Balaban J connectivity index is 3.25. The lowest BCUT2D eigenvalue weighted by atomic mass is 10.2. The van der Waals surface area contributed by atoms with E-state index < -0.39 is 30.9 Å². The van der Waals surface area contributed by atoms with Crippen LogP contribution in [0.4, 0.5) is 0 Å². The van der Waals surface area contributed by atoms with Crippen LogP contribution in [0.15, 0.2) is 5.03 Å². The van der Waals surface area contributed by atoms with E-state index in [1.807, 2.05) is 0 Å². The van der Waals surface area contributed by atoms with E-state index in [2.05, 4.69) is 9.97 Å². The van der Waals surface area contributed by atoms with Crippen molar-refractivity contribution < 1.29 is 24.6 Å². The summed E-state index contributed by atoms with van der Waals surface area (Å²) >= 11 is 1.21. The lowest BCUT2D eigenvalue weighted by Gasteiger charge is -2.20. The van der Waals surface area contributed by atoms with E-state index in [-0.39, 0.29) is 5.56 Å². The number of hydrogen-bond acceptors (Lipinski definition) is 6. The molecule has 21 heavy (non-hydrogen) atoms. The first kappa shape index (κ1) is 16.9. The van der Waals surface area contributed by atoms with Gasteiger partial charge in [-0.15, -0.1) is 11.8 Å². The zero-order valence-corrected chi connectivity index (χ0v) is 12.6. The fourth-order valence-electron chi connectivity index (χ4n) is 1.76. The Labute approximate surface area is 125 Å². The van der Waals surface area contributed by atoms with E-state index >= 15 is 0 Å². The first-order valence-electron chi connectivity index (χ1n) is 5.88. The summed E-state index contributed by atoms with van der Waals surface area (Å²) in [5.74, 6) is -2.81. The molecule has 0 aromatic carbocycles. The van der Waals surface area contributed by atoms with Crippen LogP contribution in [0.2, 0.25) is 0 Å². The zero-order valence-electron chi connectivity index (χ0n) is 11.8. The maximum Gasteiger partial charge on any atom is 0.323 e. The van der Waals surface area contributed by atoms with Gasteiger partial charge in [0.25, 0.3) is 5.91 Å². The molecule has 1 heterocycles. The van der Waals surface area contributed by atoms with E-state index in [1.54, 1.807) is 20.1 Å². The Morgan fingerprint density at radius 1 is 1.10 bits per heavy atom. The molecule has 1 amide bonds. The maximum atomic E-state index is 12.4. The van der Waals surface area contributed by atoms with Gasteiger partial charge in [-0.05, 0) is 20.1 Å². The smallest absolute Gasteiger partial charge is 0.323 e. The number of amides is 1. The van der Waals surface area contributed by atoms with Crippen molar-refractivity contribution >= 4 is 29.6 Å². The van der Waals surface area contributed by atoms with Crippen molar-refractivity contribution in [2.45, 2.75) is 18.9 Å². The van der Waals surface area contributed by atoms with Gasteiger partial charge < -0.3 is 15.1 Å². The number of thioether (sulfide) groups is 1. The van der Waals surface area contributed by atoms with Crippen molar-refractivity contribution in [3.63, 3.8) is 0 Å². The quantitative estimate of drug-likeness (QED) is 0.573. The number of aryl methyl sites for hydroxylation is 2. The fourth-order valence-corrected chi connectivity index (χ4v) is 2.42. The topological polar surface area (TPSA) is 121 Å².